The third-order valence-electron chi connectivity index (χ3n) is 3.35. The summed E-state index contributed by atoms with van der Waals surface area (Å²) in [7, 11) is 0. The average Bonchev–Trinajstić information content (AvgIpc) is 2.33. The molecule has 0 aromatic heterocycles. The summed E-state index contributed by atoms with van der Waals surface area (Å²) in [4.78, 5) is 14.2. The van der Waals surface area contributed by atoms with E-state index in [9.17, 15) is 4.79 Å². The van der Waals surface area contributed by atoms with Crippen LogP contribution in [-0.4, -0.2) is 17.3 Å². The van der Waals surface area contributed by atoms with Crippen LogP contribution in [0, 0.1) is 6.92 Å². The van der Waals surface area contributed by atoms with E-state index in [1.54, 1.807) is 0 Å². The van der Waals surface area contributed by atoms with Crippen molar-refractivity contribution in [3.05, 3.63) is 29.3 Å². The van der Waals surface area contributed by atoms with Crippen LogP contribution in [0.4, 0.5) is 5.69 Å². The molecule has 1 aromatic rings. The molecule has 92 valence electrons. The molecule has 1 saturated heterocycles. The highest BCUT2D eigenvalue weighted by Crippen LogP contribution is 2.30. The van der Waals surface area contributed by atoms with Gasteiger partial charge in [-0.25, -0.2) is 0 Å². The quantitative estimate of drug-likeness (QED) is 0.766. The largest absolute Gasteiger partial charge is 0.311 e. The van der Waals surface area contributed by atoms with E-state index >= 15 is 0 Å². The second kappa shape index (κ2) is 5.21. The SMILES string of the molecule is CCc1cccc(C)c1N1CCCC(Br)C1=O. The molecule has 1 unspecified atom stereocenters. The number of hydrogen-bond donors (Lipinski definition) is 0. The topological polar surface area (TPSA) is 20.3 Å². The lowest BCUT2D eigenvalue weighted by Crippen LogP contribution is -2.42. The minimum absolute atomic E-state index is 0.0134. The highest BCUT2D eigenvalue weighted by Gasteiger charge is 2.29. The number of hydrogen-bond acceptors (Lipinski definition) is 1. The predicted octanol–water partition coefficient (Wildman–Crippen LogP) is 3.45. The van der Waals surface area contributed by atoms with E-state index in [0.29, 0.717) is 0 Å². The van der Waals surface area contributed by atoms with E-state index in [2.05, 4.69) is 48.0 Å². The Bertz CT molecular complexity index is 430. The molecule has 0 bridgehead atoms. The van der Waals surface area contributed by atoms with Crippen molar-refractivity contribution in [1.29, 1.82) is 0 Å². The molecule has 0 N–H and O–H groups in total. The number of aryl methyl sites for hydroxylation is 2. The molecule has 0 spiro atoms. The Labute approximate surface area is 111 Å². The van der Waals surface area contributed by atoms with Crippen molar-refractivity contribution in [2.45, 2.75) is 37.9 Å². The van der Waals surface area contributed by atoms with Crippen molar-refractivity contribution >= 4 is 27.5 Å². The lowest BCUT2D eigenvalue weighted by molar-refractivity contribution is -0.118. The molecule has 0 radical (unpaired) electrons. The number of para-hydroxylation sites is 1. The van der Waals surface area contributed by atoms with Gasteiger partial charge in [-0.15, -0.1) is 0 Å². The fraction of sp³-hybridized carbons (Fsp3) is 0.500. The molecular formula is C14H18BrNO. The first-order valence-corrected chi connectivity index (χ1v) is 7.10. The lowest BCUT2D eigenvalue weighted by atomic mass is 10.0. The van der Waals surface area contributed by atoms with Gasteiger partial charge in [0.2, 0.25) is 5.91 Å². The van der Waals surface area contributed by atoms with Crippen molar-refractivity contribution in [3.8, 4) is 0 Å². The highest BCUT2D eigenvalue weighted by molar-refractivity contribution is 9.10. The van der Waals surface area contributed by atoms with Crippen LogP contribution in [0.5, 0.6) is 0 Å². The number of nitrogens with zero attached hydrogens (tertiary/aromatic N) is 1. The summed E-state index contributed by atoms with van der Waals surface area (Å²) in [5.41, 5.74) is 3.59. The van der Waals surface area contributed by atoms with Crippen molar-refractivity contribution < 1.29 is 4.79 Å². The van der Waals surface area contributed by atoms with Crippen molar-refractivity contribution in [1.82, 2.24) is 0 Å². The molecule has 2 nitrogen and oxygen atoms in total. The number of halogens is 1. The summed E-state index contributed by atoms with van der Waals surface area (Å²) >= 11 is 3.47. The number of benzene rings is 1. The molecule has 1 amide bonds. The number of anilines is 1. The van der Waals surface area contributed by atoms with Gasteiger partial charge in [0.15, 0.2) is 0 Å². The molecule has 1 heterocycles. The molecule has 0 aliphatic carbocycles. The van der Waals surface area contributed by atoms with Gasteiger partial charge in [-0.1, -0.05) is 41.1 Å². The van der Waals surface area contributed by atoms with Gasteiger partial charge in [-0.05, 0) is 37.3 Å². The van der Waals surface area contributed by atoms with Crippen LogP contribution >= 0.6 is 15.9 Å². The number of carbonyl (C=O) groups is 1. The van der Waals surface area contributed by atoms with Crippen LogP contribution in [0.15, 0.2) is 18.2 Å². The van der Waals surface area contributed by atoms with Crippen LogP contribution in [0.3, 0.4) is 0 Å². The molecule has 0 saturated carbocycles. The normalized spacial score (nSPS) is 20.8. The van der Waals surface area contributed by atoms with E-state index in [4.69, 9.17) is 0 Å². The number of carbonyl (C=O) groups excluding carboxylic acids is 1. The molecule has 3 heteroatoms. The van der Waals surface area contributed by atoms with Crippen LogP contribution in [0.1, 0.15) is 30.9 Å². The summed E-state index contributed by atoms with van der Waals surface area (Å²) in [6.45, 7) is 5.07. The van der Waals surface area contributed by atoms with Gasteiger partial charge in [0, 0.05) is 12.2 Å². The zero-order chi connectivity index (χ0) is 12.4. The summed E-state index contributed by atoms with van der Waals surface area (Å²) < 4.78 is 0. The zero-order valence-corrected chi connectivity index (χ0v) is 12.0. The lowest BCUT2D eigenvalue weighted by Gasteiger charge is -2.32. The summed E-state index contributed by atoms with van der Waals surface area (Å²) in [6.07, 6.45) is 2.98. The van der Waals surface area contributed by atoms with Crippen LogP contribution in [0.2, 0.25) is 0 Å². The minimum atomic E-state index is -0.0134. The van der Waals surface area contributed by atoms with Crippen molar-refractivity contribution in [2.24, 2.45) is 0 Å². The maximum Gasteiger partial charge on any atom is 0.240 e. The molecule has 2 rings (SSSR count). The average molecular weight is 296 g/mol. The van der Waals surface area contributed by atoms with E-state index in [1.807, 2.05) is 4.90 Å². The molecule has 1 atom stereocenters. The van der Waals surface area contributed by atoms with Crippen LogP contribution in [0.25, 0.3) is 0 Å². The predicted molar refractivity (Wildman–Crippen MR) is 74.9 cm³/mol. The van der Waals surface area contributed by atoms with Gasteiger partial charge < -0.3 is 4.90 Å². The van der Waals surface area contributed by atoms with Gasteiger partial charge in [0.05, 0.1) is 4.83 Å². The van der Waals surface area contributed by atoms with Gasteiger partial charge >= 0.3 is 0 Å². The van der Waals surface area contributed by atoms with E-state index < -0.39 is 0 Å². The van der Waals surface area contributed by atoms with E-state index in [0.717, 1.165) is 31.5 Å². The second-order valence-corrected chi connectivity index (χ2v) is 5.64. The standard InChI is InChI=1S/C14H18BrNO/c1-3-11-7-4-6-10(2)13(11)16-9-5-8-12(15)14(16)17/h4,6-7,12H,3,5,8-9H2,1-2H3. The monoisotopic (exact) mass is 295 g/mol. The van der Waals surface area contributed by atoms with Gasteiger partial charge in [0.1, 0.15) is 0 Å². The van der Waals surface area contributed by atoms with Gasteiger partial charge in [0.25, 0.3) is 0 Å². The first-order chi connectivity index (χ1) is 8.15. The van der Waals surface area contributed by atoms with Crippen molar-refractivity contribution in [3.63, 3.8) is 0 Å². The number of alkyl halides is 1. The Kier molecular flexibility index (Phi) is 3.87. The summed E-state index contributed by atoms with van der Waals surface area (Å²) in [5.74, 6) is 0.209. The fourth-order valence-electron chi connectivity index (χ4n) is 2.44. The van der Waals surface area contributed by atoms with Gasteiger partial charge in [-0.2, -0.15) is 0 Å². The number of amides is 1. The fourth-order valence-corrected chi connectivity index (χ4v) is 3.02. The number of piperidine rings is 1. The molecule has 1 aliphatic heterocycles. The van der Waals surface area contributed by atoms with E-state index in [-0.39, 0.29) is 10.7 Å². The highest BCUT2D eigenvalue weighted by atomic mass is 79.9. The second-order valence-electron chi connectivity index (χ2n) is 4.54. The molecule has 1 aromatic carbocycles. The Balaban J connectivity index is 2.42. The smallest absolute Gasteiger partial charge is 0.240 e. The minimum Gasteiger partial charge on any atom is -0.311 e. The van der Waals surface area contributed by atoms with Crippen LogP contribution < -0.4 is 4.90 Å². The molecule has 1 aliphatic rings. The molecule has 17 heavy (non-hydrogen) atoms. The Morgan fingerprint density at radius 1 is 1.47 bits per heavy atom. The van der Waals surface area contributed by atoms with Gasteiger partial charge in [-0.3, -0.25) is 4.79 Å². The molecular weight excluding hydrogens is 278 g/mol. The first kappa shape index (κ1) is 12.6. The Hall–Kier alpha value is -0.830. The summed E-state index contributed by atoms with van der Waals surface area (Å²) in [6, 6.07) is 6.27. The zero-order valence-electron chi connectivity index (χ0n) is 10.4. The third-order valence-corrected chi connectivity index (χ3v) is 4.19. The van der Waals surface area contributed by atoms with Crippen LogP contribution in [-0.2, 0) is 11.2 Å². The van der Waals surface area contributed by atoms with E-state index in [1.165, 1.54) is 11.1 Å². The van der Waals surface area contributed by atoms with Crippen molar-refractivity contribution in [2.75, 3.05) is 11.4 Å². The molecule has 1 fully saturated rings. The maximum absolute atomic E-state index is 12.2. The Morgan fingerprint density at radius 3 is 2.94 bits per heavy atom. The maximum atomic E-state index is 12.2. The Morgan fingerprint density at radius 2 is 2.24 bits per heavy atom. The summed E-state index contributed by atoms with van der Waals surface area (Å²) in [5, 5.41) is 0. The third kappa shape index (κ3) is 2.39. The first-order valence-electron chi connectivity index (χ1n) is 6.19. The number of rotatable bonds is 2.